The Morgan fingerprint density at radius 3 is 2.94 bits per heavy atom. The van der Waals surface area contributed by atoms with Gasteiger partial charge < -0.3 is 4.74 Å². The SMILES string of the molecule is Cc1cc(C)c2ncn([C@H]3CCOC3)c(=O)c2c1. The van der Waals surface area contributed by atoms with E-state index in [2.05, 4.69) is 11.1 Å². The van der Waals surface area contributed by atoms with Gasteiger partial charge in [0.25, 0.3) is 5.56 Å². The second kappa shape index (κ2) is 4.21. The van der Waals surface area contributed by atoms with Crippen molar-refractivity contribution in [2.75, 3.05) is 13.2 Å². The fourth-order valence-electron chi connectivity index (χ4n) is 2.61. The molecule has 1 saturated heterocycles. The van der Waals surface area contributed by atoms with Crippen LogP contribution in [0.2, 0.25) is 0 Å². The van der Waals surface area contributed by atoms with Crippen LogP contribution in [0, 0.1) is 13.8 Å². The predicted octanol–water partition coefficient (Wildman–Crippen LogP) is 1.97. The van der Waals surface area contributed by atoms with Gasteiger partial charge in [-0.05, 0) is 37.5 Å². The van der Waals surface area contributed by atoms with Gasteiger partial charge in [-0.25, -0.2) is 4.98 Å². The maximum absolute atomic E-state index is 12.5. The summed E-state index contributed by atoms with van der Waals surface area (Å²) in [4.78, 5) is 16.9. The van der Waals surface area contributed by atoms with Crippen LogP contribution in [0.3, 0.4) is 0 Å². The Bertz CT molecular complexity index is 655. The van der Waals surface area contributed by atoms with Crippen LogP contribution in [0.4, 0.5) is 0 Å². The van der Waals surface area contributed by atoms with Crippen LogP contribution >= 0.6 is 0 Å². The van der Waals surface area contributed by atoms with E-state index in [0.717, 1.165) is 29.7 Å². The summed E-state index contributed by atoms with van der Waals surface area (Å²) in [7, 11) is 0. The quantitative estimate of drug-likeness (QED) is 0.770. The molecule has 18 heavy (non-hydrogen) atoms. The normalized spacial score (nSPS) is 19.6. The number of fused-ring (bicyclic) bond motifs is 1. The molecule has 3 rings (SSSR count). The number of benzene rings is 1. The lowest BCUT2D eigenvalue weighted by Crippen LogP contribution is -2.25. The average molecular weight is 244 g/mol. The molecule has 94 valence electrons. The molecule has 0 N–H and O–H groups in total. The van der Waals surface area contributed by atoms with Crippen LogP contribution in [0.1, 0.15) is 23.6 Å². The lowest BCUT2D eigenvalue weighted by atomic mass is 10.1. The molecule has 1 atom stereocenters. The fraction of sp³-hybridized carbons (Fsp3) is 0.429. The Labute approximate surface area is 105 Å². The average Bonchev–Trinajstić information content (AvgIpc) is 2.84. The smallest absolute Gasteiger partial charge is 0.261 e. The number of rotatable bonds is 1. The Hall–Kier alpha value is -1.68. The van der Waals surface area contributed by atoms with Gasteiger partial charge >= 0.3 is 0 Å². The van der Waals surface area contributed by atoms with Gasteiger partial charge in [-0.2, -0.15) is 0 Å². The first-order valence-electron chi connectivity index (χ1n) is 6.22. The van der Waals surface area contributed by atoms with Gasteiger partial charge in [-0.3, -0.25) is 9.36 Å². The fourth-order valence-corrected chi connectivity index (χ4v) is 2.61. The van der Waals surface area contributed by atoms with Crippen molar-refractivity contribution in [3.63, 3.8) is 0 Å². The maximum atomic E-state index is 12.5. The molecule has 0 amide bonds. The lowest BCUT2D eigenvalue weighted by Gasteiger charge is -2.13. The van der Waals surface area contributed by atoms with E-state index in [1.165, 1.54) is 0 Å². The number of aromatic nitrogens is 2. The van der Waals surface area contributed by atoms with E-state index in [-0.39, 0.29) is 11.6 Å². The Morgan fingerprint density at radius 1 is 1.39 bits per heavy atom. The summed E-state index contributed by atoms with van der Waals surface area (Å²) in [6.07, 6.45) is 2.55. The molecule has 0 spiro atoms. The minimum Gasteiger partial charge on any atom is -0.379 e. The zero-order chi connectivity index (χ0) is 12.7. The number of aryl methyl sites for hydroxylation is 2. The molecule has 1 aromatic heterocycles. The highest BCUT2D eigenvalue weighted by atomic mass is 16.5. The van der Waals surface area contributed by atoms with Gasteiger partial charge in [0.15, 0.2) is 0 Å². The van der Waals surface area contributed by atoms with Gasteiger partial charge in [-0.1, -0.05) is 6.07 Å². The highest BCUT2D eigenvalue weighted by molar-refractivity contribution is 5.81. The Kier molecular flexibility index (Phi) is 2.67. The summed E-state index contributed by atoms with van der Waals surface area (Å²) in [6, 6.07) is 4.11. The van der Waals surface area contributed by atoms with Gasteiger partial charge in [0.1, 0.15) is 0 Å². The van der Waals surface area contributed by atoms with Gasteiger partial charge in [0.2, 0.25) is 0 Å². The third-order valence-electron chi connectivity index (χ3n) is 3.52. The molecule has 1 aliphatic rings. The molecule has 1 aromatic carbocycles. The summed E-state index contributed by atoms with van der Waals surface area (Å²) in [5, 5.41) is 0.710. The van der Waals surface area contributed by atoms with Crippen molar-refractivity contribution in [2.45, 2.75) is 26.3 Å². The lowest BCUT2D eigenvalue weighted by molar-refractivity contribution is 0.186. The Morgan fingerprint density at radius 2 is 2.22 bits per heavy atom. The molecule has 4 heteroatoms. The molecule has 0 bridgehead atoms. The molecular formula is C14H16N2O2. The topological polar surface area (TPSA) is 44.1 Å². The minimum atomic E-state index is 0.0438. The molecule has 0 saturated carbocycles. The van der Waals surface area contributed by atoms with Crippen LogP contribution in [0.5, 0.6) is 0 Å². The zero-order valence-electron chi connectivity index (χ0n) is 10.6. The molecule has 2 heterocycles. The van der Waals surface area contributed by atoms with Crippen molar-refractivity contribution in [1.29, 1.82) is 0 Å². The molecule has 1 aliphatic heterocycles. The molecule has 0 aliphatic carbocycles. The van der Waals surface area contributed by atoms with Crippen molar-refractivity contribution in [3.8, 4) is 0 Å². The predicted molar refractivity (Wildman–Crippen MR) is 70.0 cm³/mol. The second-order valence-corrected chi connectivity index (χ2v) is 4.95. The third kappa shape index (κ3) is 1.73. The van der Waals surface area contributed by atoms with Crippen molar-refractivity contribution in [1.82, 2.24) is 9.55 Å². The molecular weight excluding hydrogens is 228 g/mol. The number of ether oxygens (including phenoxy) is 1. The summed E-state index contributed by atoms with van der Waals surface area (Å²) in [5.41, 5.74) is 3.00. The van der Waals surface area contributed by atoms with Gasteiger partial charge in [-0.15, -0.1) is 0 Å². The maximum Gasteiger partial charge on any atom is 0.261 e. The first-order chi connectivity index (χ1) is 8.66. The van der Waals surface area contributed by atoms with Crippen molar-refractivity contribution >= 4 is 10.9 Å². The van der Waals surface area contributed by atoms with Gasteiger partial charge in [0, 0.05) is 6.61 Å². The highest BCUT2D eigenvalue weighted by Crippen LogP contribution is 2.19. The van der Waals surface area contributed by atoms with Crippen LogP contribution in [0.25, 0.3) is 10.9 Å². The summed E-state index contributed by atoms with van der Waals surface area (Å²) < 4.78 is 7.05. The molecule has 0 unspecified atom stereocenters. The summed E-state index contributed by atoms with van der Waals surface area (Å²) >= 11 is 0. The van der Waals surface area contributed by atoms with Crippen molar-refractivity contribution in [3.05, 3.63) is 39.9 Å². The Balaban J connectivity index is 2.25. The van der Waals surface area contributed by atoms with E-state index in [9.17, 15) is 4.79 Å². The molecule has 0 radical (unpaired) electrons. The summed E-state index contributed by atoms with van der Waals surface area (Å²) in [5.74, 6) is 0. The first-order valence-corrected chi connectivity index (χ1v) is 6.22. The monoisotopic (exact) mass is 244 g/mol. The van der Waals surface area contributed by atoms with Crippen LogP contribution in [-0.4, -0.2) is 22.8 Å². The summed E-state index contributed by atoms with van der Waals surface area (Å²) in [6.45, 7) is 5.33. The molecule has 2 aromatic rings. The van der Waals surface area contributed by atoms with E-state index >= 15 is 0 Å². The number of hydrogen-bond donors (Lipinski definition) is 0. The zero-order valence-corrected chi connectivity index (χ0v) is 10.6. The van der Waals surface area contributed by atoms with Crippen molar-refractivity contribution < 1.29 is 4.74 Å². The number of nitrogens with zero attached hydrogens (tertiary/aromatic N) is 2. The van der Waals surface area contributed by atoms with E-state index in [1.54, 1.807) is 10.9 Å². The highest BCUT2D eigenvalue weighted by Gasteiger charge is 2.19. The largest absolute Gasteiger partial charge is 0.379 e. The van der Waals surface area contributed by atoms with Crippen LogP contribution in [0.15, 0.2) is 23.3 Å². The van der Waals surface area contributed by atoms with Gasteiger partial charge in [0.05, 0.1) is 29.9 Å². The van der Waals surface area contributed by atoms with E-state index in [0.29, 0.717) is 12.0 Å². The number of hydrogen-bond acceptors (Lipinski definition) is 3. The van der Waals surface area contributed by atoms with Crippen LogP contribution < -0.4 is 5.56 Å². The van der Waals surface area contributed by atoms with E-state index in [1.807, 2.05) is 19.9 Å². The van der Waals surface area contributed by atoms with E-state index < -0.39 is 0 Å². The standard InChI is InChI=1S/C14H16N2O2/c1-9-5-10(2)13-12(6-9)14(17)16(8-15-13)11-3-4-18-7-11/h5-6,8,11H,3-4,7H2,1-2H3/t11-/m0/s1. The first kappa shape index (κ1) is 11.4. The molecule has 1 fully saturated rings. The third-order valence-corrected chi connectivity index (χ3v) is 3.52. The van der Waals surface area contributed by atoms with Crippen LogP contribution in [-0.2, 0) is 4.74 Å². The van der Waals surface area contributed by atoms with Crippen molar-refractivity contribution in [2.24, 2.45) is 0 Å². The minimum absolute atomic E-state index is 0.0438. The molecule has 4 nitrogen and oxygen atoms in total. The van der Waals surface area contributed by atoms with E-state index in [4.69, 9.17) is 4.74 Å². The second-order valence-electron chi connectivity index (χ2n) is 4.95.